The van der Waals surface area contributed by atoms with E-state index in [1.165, 1.54) is 27.6 Å². The molecule has 2 unspecified atom stereocenters. The van der Waals surface area contributed by atoms with Crippen molar-refractivity contribution in [2.24, 2.45) is 11.8 Å². The number of thiophene rings is 1. The number of hydrogen-bond donors (Lipinski definition) is 1. The van der Waals surface area contributed by atoms with E-state index in [9.17, 15) is 8.42 Å². The lowest BCUT2D eigenvalue weighted by Crippen LogP contribution is -2.28. The van der Waals surface area contributed by atoms with Crippen molar-refractivity contribution in [1.29, 1.82) is 0 Å². The predicted molar refractivity (Wildman–Crippen MR) is 113 cm³/mol. The van der Waals surface area contributed by atoms with Crippen LogP contribution in [0.15, 0.2) is 53.9 Å². The van der Waals surface area contributed by atoms with Gasteiger partial charge >= 0.3 is 0 Å². The summed E-state index contributed by atoms with van der Waals surface area (Å²) in [6, 6.07) is 16.5. The highest BCUT2D eigenvalue weighted by Gasteiger charge is 2.65. The van der Waals surface area contributed by atoms with Crippen molar-refractivity contribution in [1.82, 2.24) is 0 Å². The quantitative estimate of drug-likeness (QED) is 0.713. The summed E-state index contributed by atoms with van der Waals surface area (Å²) >= 11 is 1.81. The van der Waals surface area contributed by atoms with Gasteiger partial charge in [0.1, 0.15) is 0 Å². The summed E-state index contributed by atoms with van der Waals surface area (Å²) in [5.74, 6) is 1.23. The second-order valence-electron chi connectivity index (χ2n) is 7.97. The van der Waals surface area contributed by atoms with Crippen molar-refractivity contribution in [2.75, 3.05) is 29.0 Å². The van der Waals surface area contributed by atoms with Gasteiger partial charge in [-0.15, -0.1) is 11.3 Å². The van der Waals surface area contributed by atoms with Crippen molar-refractivity contribution >= 4 is 42.8 Å². The van der Waals surface area contributed by atoms with E-state index in [1.807, 2.05) is 29.5 Å². The van der Waals surface area contributed by atoms with Crippen molar-refractivity contribution in [3.05, 3.63) is 59.5 Å². The Morgan fingerprint density at radius 1 is 1.11 bits per heavy atom. The molecule has 1 N–H and O–H groups in total. The first-order valence-corrected chi connectivity index (χ1v) is 11.9. The van der Waals surface area contributed by atoms with E-state index in [4.69, 9.17) is 0 Å². The molecule has 2 aliphatic rings. The Hall–Kier alpha value is -2.05. The summed E-state index contributed by atoms with van der Waals surface area (Å²) in [7, 11) is -3.25. The van der Waals surface area contributed by atoms with Crippen LogP contribution in [0.1, 0.15) is 12.5 Å². The molecule has 0 spiro atoms. The second-order valence-corrected chi connectivity index (χ2v) is 10.6. The van der Waals surface area contributed by atoms with Crippen molar-refractivity contribution in [2.45, 2.75) is 12.3 Å². The van der Waals surface area contributed by atoms with E-state index < -0.39 is 10.0 Å². The number of nitrogens with zero attached hydrogens (tertiary/aromatic N) is 1. The first-order valence-electron chi connectivity index (χ1n) is 9.16. The van der Waals surface area contributed by atoms with E-state index in [2.05, 4.69) is 52.3 Å². The summed E-state index contributed by atoms with van der Waals surface area (Å²) in [4.78, 5) is 2.52. The summed E-state index contributed by atoms with van der Waals surface area (Å²) in [5, 5.41) is 3.63. The summed E-state index contributed by atoms with van der Waals surface area (Å²) < 4.78 is 27.0. The van der Waals surface area contributed by atoms with Crippen LogP contribution in [0.4, 0.5) is 11.4 Å². The Bertz CT molecular complexity index is 1120. The van der Waals surface area contributed by atoms with E-state index in [0.717, 1.165) is 13.1 Å². The Balaban J connectivity index is 1.38. The van der Waals surface area contributed by atoms with Gasteiger partial charge in [0.15, 0.2) is 0 Å². The maximum Gasteiger partial charge on any atom is 0.229 e. The summed E-state index contributed by atoms with van der Waals surface area (Å²) in [6.07, 6.45) is 1.19. The van der Waals surface area contributed by atoms with Crippen LogP contribution >= 0.6 is 11.3 Å². The Morgan fingerprint density at radius 2 is 1.85 bits per heavy atom. The van der Waals surface area contributed by atoms with Gasteiger partial charge in [-0.25, -0.2) is 8.42 Å². The molecule has 5 rings (SSSR count). The smallest absolute Gasteiger partial charge is 0.229 e. The largest absolute Gasteiger partial charge is 0.370 e. The van der Waals surface area contributed by atoms with Crippen molar-refractivity contribution < 1.29 is 8.42 Å². The standard InChI is InChI=1S/C21H22N2O2S2/c1-21(14-6-5-7-15(10-14)22-27(2,24)25)17-11-23(12-18(17)21)19-13-26-20-9-4-3-8-16(19)20/h3-10,13,17-18,22H,11-12H2,1-2H3. The molecule has 27 heavy (non-hydrogen) atoms. The fourth-order valence-corrected chi connectivity index (χ4v) is 6.37. The van der Waals surface area contributed by atoms with Crippen molar-refractivity contribution in [3.8, 4) is 0 Å². The Kier molecular flexibility index (Phi) is 3.62. The highest BCUT2D eigenvalue weighted by atomic mass is 32.2. The molecule has 4 nitrogen and oxygen atoms in total. The molecule has 2 aromatic carbocycles. The molecule has 1 saturated heterocycles. The molecule has 0 radical (unpaired) electrons. The molecule has 2 heterocycles. The van der Waals surface area contributed by atoms with Crippen molar-refractivity contribution in [3.63, 3.8) is 0 Å². The lowest BCUT2D eigenvalue weighted by Gasteiger charge is -2.26. The maximum atomic E-state index is 11.5. The SMILES string of the molecule is CC1(c2cccc(NS(C)(=O)=O)c2)C2CN(c3csc4ccccc34)CC21. The van der Waals surface area contributed by atoms with E-state index >= 15 is 0 Å². The molecule has 2 atom stereocenters. The van der Waals surface area contributed by atoms with Gasteiger partial charge < -0.3 is 4.90 Å². The van der Waals surface area contributed by atoms with Crippen LogP contribution in [0, 0.1) is 11.8 Å². The van der Waals surface area contributed by atoms with Crippen LogP contribution in [0.5, 0.6) is 0 Å². The van der Waals surface area contributed by atoms with Gasteiger partial charge in [0.2, 0.25) is 10.0 Å². The highest BCUT2D eigenvalue weighted by Crippen LogP contribution is 2.64. The molecule has 0 bridgehead atoms. The predicted octanol–water partition coefficient (Wildman–Crippen LogP) is 4.30. The zero-order valence-corrected chi connectivity index (χ0v) is 17.0. The highest BCUT2D eigenvalue weighted by molar-refractivity contribution is 7.92. The molecule has 1 aromatic heterocycles. The fraction of sp³-hybridized carbons (Fsp3) is 0.333. The molecule has 1 saturated carbocycles. The number of anilines is 2. The molecule has 6 heteroatoms. The molecule has 0 amide bonds. The lowest BCUT2D eigenvalue weighted by molar-refractivity contribution is 0.596. The number of piperidine rings is 1. The zero-order valence-electron chi connectivity index (χ0n) is 15.3. The molecular weight excluding hydrogens is 376 g/mol. The molecule has 3 aromatic rings. The minimum atomic E-state index is -3.25. The first kappa shape index (κ1) is 17.1. The fourth-order valence-electron chi connectivity index (χ4n) is 4.85. The van der Waals surface area contributed by atoms with Crippen LogP contribution in [-0.4, -0.2) is 27.8 Å². The normalized spacial score (nSPS) is 27.0. The number of fused-ring (bicyclic) bond motifs is 2. The van der Waals surface area contributed by atoms with Crippen LogP contribution in [0.3, 0.4) is 0 Å². The molecule has 2 fully saturated rings. The minimum Gasteiger partial charge on any atom is -0.370 e. The lowest BCUT2D eigenvalue weighted by atomic mass is 9.92. The third-order valence-corrected chi connectivity index (χ3v) is 7.90. The van der Waals surface area contributed by atoms with Crippen LogP contribution in [-0.2, 0) is 15.4 Å². The van der Waals surface area contributed by atoms with Gasteiger partial charge in [0, 0.05) is 39.7 Å². The number of nitrogens with one attached hydrogen (secondary N) is 1. The first-order chi connectivity index (χ1) is 12.9. The number of sulfonamides is 1. The van der Waals surface area contributed by atoms with Crippen LogP contribution in [0.25, 0.3) is 10.1 Å². The minimum absolute atomic E-state index is 0.136. The van der Waals surface area contributed by atoms with E-state index in [1.54, 1.807) is 0 Å². The van der Waals surface area contributed by atoms with Gasteiger partial charge in [-0.05, 0) is 35.6 Å². The van der Waals surface area contributed by atoms with Gasteiger partial charge in [0.05, 0.1) is 11.9 Å². The van der Waals surface area contributed by atoms with Gasteiger partial charge in [0.25, 0.3) is 0 Å². The molecular formula is C21H22N2O2S2. The monoisotopic (exact) mass is 398 g/mol. The molecule has 1 aliphatic carbocycles. The molecule has 1 aliphatic heterocycles. The Morgan fingerprint density at radius 3 is 2.59 bits per heavy atom. The van der Waals surface area contributed by atoms with Gasteiger partial charge in [-0.1, -0.05) is 37.3 Å². The number of rotatable bonds is 4. The average molecular weight is 399 g/mol. The van der Waals surface area contributed by atoms with E-state index in [0.29, 0.717) is 17.5 Å². The zero-order chi connectivity index (χ0) is 18.8. The third-order valence-electron chi connectivity index (χ3n) is 6.34. The van der Waals surface area contributed by atoms with Gasteiger partial charge in [-0.2, -0.15) is 0 Å². The van der Waals surface area contributed by atoms with Crippen LogP contribution in [0.2, 0.25) is 0 Å². The van der Waals surface area contributed by atoms with Crippen LogP contribution < -0.4 is 9.62 Å². The van der Waals surface area contributed by atoms with Gasteiger partial charge in [-0.3, -0.25) is 4.72 Å². The summed E-state index contributed by atoms with van der Waals surface area (Å²) in [5.41, 5.74) is 3.39. The second kappa shape index (κ2) is 5.72. The topological polar surface area (TPSA) is 49.4 Å². The average Bonchev–Trinajstić information content (AvgIpc) is 3.02. The Labute approximate surface area is 163 Å². The number of benzene rings is 2. The number of hydrogen-bond acceptors (Lipinski definition) is 4. The maximum absolute atomic E-state index is 11.5. The molecule has 140 valence electrons. The third kappa shape index (κ3) is 2.74. The van der Waals surface area contributed by atoms with E-state index in [-0.39, 0.29) is 5.41 Å². The summed E-state index contributed by atoms with van der Waals surface area (Å²) in [6.45, 7) is 4.45.